The largest absolute Gasteiger partial charge is 0.497 e. The van der Waals surface area contributed by atoms with Crippen LogP contribution in [0.15, 0.2) is 24.3 Å². The molecule has 6 heteroatoms. The summed E-state index contributed by atoms with van der Waals surface area (Å²) in [7, 11) is 1.66. The van der Waals surface area contributed by atoms with E-state index in [2.05, 4.69) is 10.2 Å². The summed E-state index contributed by atoms with van der Waals surface area (Å²) < 4.78 is 5.17. The van der Waals surface area contributed by atoms with Crippen LogP contribution in [0.2, 0.25) is 0 Å². The van der Waals surface area contributed by atoms with Crippen molar-refractivity contribution in [3.8, 4) is 5.75 Å². The minimum Gasteiger partial charge on any atom is -0.497 e. The van der Waals surface area contributed by atoms with E-state index in [-0.39, 0.29) is 17.7 Å². The van der Waals surface area contributed by atoms with E-state index in [0.717, 1.165) is 44.9 Å². The maximum absolute atomic E-state index is 12.3. The number of nitrogens with one attached hydrogen (secondary N) is 1. The van der Waals surface area contributed by atoms with Crippen molar-refractivity contribution in [2.24, 2.45) is 5.92 Å². The lowest BCUT2D eigenvalue weighted by Crippen LogP contribution is -2.49. The summed E-state index contributed by atoms with van der Waals surface area (Å²) in [5.74, 6) is 1.58. The highest BCUT2D eigenvalue weighted by Gasteiger charge is 2.43. The van der Waals surface area contributed by atoms with Crippen LogP contribution in [0.1, 0.15) is 24.8 Å². The quantitative estimate of drug-likeness (QED) is 0.838. The maximum Gasteiger partial charge on any atom is 0.223 e. The van der Waals surface area contributed by atoms with E-state index in [9.17, 15) is 9.59 Å². The fourth-order valence-electron chi connectivity index (χ4n) is 3.46. The molecule has 1 saturated heterocycles. The van der Waals surface area contributed by atoms with Gasteiger partial charge in [-0.1, -0.05) is 12.1 Å². The summed E-state index contributed by atoms with van der Waals surface area (Å²) in [6.07, 6.45) is 0.926. The Hall–Kier alpha value is -2.08. The molecule has 3 rings (SSSR count). The molecule has 6 nitrogen and oxygen atoms in total. The summed E-state index contributed by atoms with van der Waals surface area (Å²) in [6, 6.07) is 7.99. The fourth-order valence-corrected chi connectivity index (χ4v) is 3.46. The minimum atomic E-state index is 0.1000. The van der Waals surface area contributed by atoms with Crippen LogP contribution in [0.25, 0.3) is 0 Å². The molecule has 1 N–H and O–H groups in total. The molecule has 0 bridgehead atoms. The van der Waals surface area contributed by atoms with Crippen LogP contribution in [0, 0.1) is 5.92 Å². The SMILES string of the molecule is COc1ccc(C2CC2C(=O)NCCN2CCN(C(C)=O)CC2)cc1. The number of piperazine rings is 1. The molecule has 1 aromatic rings. The lowest BCUT2D eigenvalue weighted by molar-refractivity contribution is -0.130. The summed E-state index contributed by atoms with van der Waals surface area (Å²) in [5, 5.41) is 3.06. The predicted molar refractivity (Wildman–Crippen MR) is 95.5 cm³/mol. The predicted octanol–water partition coefficient (Wildman–Crippen LogP) is 1.08. The van der Waals surface area contributed by atoms with Crippen LogP contribution in [-0.2, 0) is 9.59 Å². The molecule has 2 aliphatic rings. The Morgan fingerprint density at radius 3 is 2.44 bits per heavy atom. The second-order valence-corrected chi connectivity index (χ2v) is 6.86. The normalized spacial score (nSPS) is 23.2. The summed E-state index contributed by atoms with van der Waals surface area (Å²) in [4.78, 5) is 27.8. The third-order valence-electron chi connectivity index (χ3n) is 5.22. The minimum absolute atomic E-state index is 0.1000. The summed E-state index contributed by atoms with van der Waals surface area (Å²) in [6.45, 7) is 6.46. The molecule has 2 fully saturated rings. The molecular formula is C19H27N3O3. The molecule has 0 aromatic heterocycles. The topological polar surface area (TPSA) is 61.9 Å². The van der Waals surface area contributed by atoms with Crippen LogP contribution in [0.5, 0.6) is 5.75 Å². The molecule has 1 heterocycles. The molecule has 0 radical (unpaired) electrons. The Labute approximate surface area is 149 Å². The number of methoxy groups -OCH3 is 1. The van der Waals surface area contributed by atoms with E-state index in [4.69, 9.17) is 4.74 Å². The van der Waals surface area contributed by atoms with E-state index in [1.165, 1.54) is 5.56 Å². The highest BCUT2D eigenvalue weighted by atomic mass is 16.5. The van der Waals surface area contributed by atoms with Gasteiger partial charge in [-0.05, 0) is 30.0 Å². The van der Waals surface area contributed by atoms with Crippen molar-refractivity contribution >= 4 is 11.8 Å². The number of amides is 2. The number of benzene rings is 1. The third-order valence-corrected chi connectivity index (χ3v) is 5.22. The molecule has 2 atom stereocenters. The number of ether oxygens (including phenoxy) is 1. The van der Waals surface area contributed by atoms with E-state index >= 15 is 0 Å². The average molecular weight is 345 g/mol. The molecule has 25 heavy (non-hydrogen) atoms. The Balaban J connectivity index is 1.36. The average Bonchev–Trinajstić information content (AvgIpc) is 3.43. The zero-order valence-electron chi connectivity index (χ0n) is 15.0. The molecule has 2 amide bonds. The van der Waals surface area contributed by atoms with Gasteiger partial charge >= 0.3 is 0 Å². The van der Waals surface area contributed by atoms with Crippen molar-refractivity contribution in [3.05, 3.63) is 29.8 Å². The second kappa shape index (κ2) is 7.87. The fraction of sp³-hybridized carbons (Fsp3) is 0.579. The van der Waals surface area contributed by atoms with Gasteiger partial charge in [-0.2, -0.15) is 0 Å². The zero-order valence-corrected chi connectivity index (χ0v) is 15.0. The maximum atomic E-state index is 12.3. The Kier molecular flexibility index (Phi) is 5.58. The van der Waals surface area contributed by atoms with E-state index in [0.29, 0.717) is 12.5 Å². The number of carbonyl (C=O) groups is 2. The smallest absolute Gasteiger partial charge is 0.223 e. The number of hydrogen-bond acceptors (Lipinski definition) is 4. The first-order valence-electron chi connectivity index (χ1n) is 8.98. The van der Waals surface area contributed by atoms with Crippen LogP contribution in [-0.4, -0.2) is 68.0 Å². The molecule has 2 unspecified atom stereocenters. The lowest BCUT2D eigenvalue weighted by Gasteiger charge is -2.34. The monoisotopic (exact) mass is 345 g/mol. The van der Waals surface area contributed by atoms with Gasteiger partial charge in [0, 0.05) is 52.1 Å². The van der Waals surface area contributed by atoms with Crippen molar-refractivity contribution in [2.75, 3.05) is 46.4 Å². The first-order valence-corrected chi connectivity index (χ1v) is 8.98. The standard InChI is InChI=1S/C19H27N3O3/c1-14(23)22-11-9-21(10-12-22)8-7-20-19(24)18-13-17(18)15-3-5-16(25-2)6-4-15/h3-6,17-18H,7-13H2,1-2H3,(H,20,24). The summed E-state index contributed by atoms with van der Waals surface area (Å²) in [5.41, 5.74) is 1.21. The van der Waals surface area contributed by atoms with Crippen LogP contribution >= 0.6 is 0 Å². The van der Waals surface area contributed by atoms with Gasteiger partial charge in [0.2, 0.25) is 11.8 Å². The molecular weight excluding hydrogens is 318 g/mol. The van der Waals surface area contributed by atoms with E-state index < -0.39 is 0 Å². The van der Waals surface area contributed by atoms with E-state index in [1.54, 1.807) is 14.0 Å². The van der Waals surface area contributed by atoms with Gasteiger partial charge in [-0.15, -0.1) is 0 Å². The number of hydrogen-bond donors (Lipinski definition) is 1. The number of carbonyl (C=O) groups excluding carboxylic acids is 2. The first kappa shape index (κ1) is 17.7. The van der Waals surface area contributed by atoms with Crippen molar-refractivity contribution < 1.29 is 14.3 Å². The van der Waals surface area contributed by atoms with Crippen molar-refractivity contribution in [1.82, 2.24) is 15.1 Å². The number of rotatable bonds is 6. The Morgan fingerprint density at radius 2 is 1.84 bits per heavy atom. The van der Waals surface area contributed by atoms with Crippen LogP contribution in [0.3, 0.4) is 0 Å². The Morgan fingerprint density at radius 1 is 1.16 bits per heavy atom. The number of nitrogens with zero attached hydrogens (tertiary/aromatic N) is 2. The molecule has 1 aliphatic heterocycles. The first-order chi connectivity index (χ1) is 12.1. The van der Waals surface area contributed by atoms with Gasteiger partial charge in [0.25, 0.3) is 0 Å². The van der Waals surface area contributed by atoms with Crippen molar-refractivity contribution in [3.63, 3.8) is 0 Å². The zero-order chi connectivity index (χ0) is 17.8. The third kappa shape index (κ3) is 4.51. The summed E-state index contributed by atoms with van der Waals surface area (Å²) >= 11 is 0. The van der Waals surface area contributed by atoms with Gasteiger partial charge in [-0.3, -0.25) is 14.5 Å². The molecule has 0 spiro atoms. The molecule has 136 valence electrons. The Bertz CT molecular complexity index is 609. The van der Waals surface area contributed by atoms with Crippen LogP contribution < -0.4 is 10.1 Å². The molecule has 1 aromatic carbocycles. The molecule has 1 saturated carbocycles. The van der Waals surface area contributed by atoms with Gasteiger partial charge in [0.05, 0.1) is 7.11 Å². The van der Waals surface area contributed by atoms with E-state index in [1.807, 2.05) is 29.2 Å². The van der Waals surface area contributed by atoms with Crippen molar-refractivity contribution in [1.29, 1.82) is 0 Å². The van der Waals surface area contributed by atoms with Gasteiger partial charge in [0.1, 0.15) is 5.75 Å². The van der Waals surface area contributed by atoms with Gasteiger partial charge in [-0.25, -0.2) is 0 Å². The lowest BCUT2D eigenvalue weighted by atomic mass is 10.1. The van der Waals surface area contributed by atoms with Gasteiger partial charge < -0.3 is 15.0 Å². The second-order valence-electron chi connectivity index (χ2n) is 6.86. The molecule has 1 aliphatic carbocycles. The van der Waals surface area contributed by atoms with Crippen molar-refractivity contribution in [2.45, 2.75) is 19.3 Å². The van der Waals surface area contributed by atoms with Crippen LogP contribution in [0.4, 0.5) is 0 Å². The highest BCUT2D eigenvalue weighted by molar-refractivity contribution is 5.82. The highest BCUT2D eigenvalue weighted by Crippen LogP contribution is 2.47. The van der Waals surface area contributed by atoms with Gasteiger partial charge in [0.15, 0.2) is 0 Å².